The first-order valence-corrected chi connectivity index (χ1v) is 11.4. The molecule has 0 saturated carbocycles. The molecule has 0 spiro atoms. The second-order valence-corrected chi connectivity index (χ2v) is 9.07. The van der Waals surface area contributed by atoms with Crippen LogP contribution in [-0.2, 0) is 24.6 Å². The van der Waals surface area contributed by atoms with Crippen LogP contribution in [0, 0.1) is 11.6 Å². The van der Waals surface area contributed by atoms with Crippen molar-refractivity contribution in [3.63, 3.8) is 0 Å². The average Bonchev–Trinajstić information content (AvgIpc) is 3.42. The normalized spacial score (nSPS) is 15.2. The monoisotopic (exact) mass is 549 g/mol. The summed E-state index contributed by atoms with van der Waals surface area (Å²) in [5.41, 5.74) is -0.301. The van der Waals surface area contributed by atoms with E-state index in [9.17, 15) is 31.5 Å². The summed E-state index contributed by atoms with van der Waals surface area (Å²) in [4.78, 5) is 25.8. The fourth-order valence-electron chi connectivity index (χ4n) is 4.40. The standard InChI is InChI=1S/C25H17ClF5N5O2/c1-35-10-13(9-32-35)20-8-19(33-24(38)12-4-14(25(29,30)31)6-16(28)5-12)23-22(34-21(37)11-36(20)23)17-7-15(27)2-3-18(17)26/h2-10,22H,11H2,1H3,(H,33,38)(H,34,37). The molecule has 38 heavy (non-hydrogen) atoms. The summed E-state index contributed by atoms with van der Waals surface area (Å²) in [5.74, 6) is -3.32. The summed E-state index contributed by atoms with van der Waals surface area (Å²) in [6.07, 6.45) is -1.69. The maximum Gasteiger partial charge on any atom is 0.416 e. The number of rotatable bonds is 4. The third-order valence-electron chi connectivity index (χ3n) is 6.02. The molecule has 0 radical (unpaired) electrons. The van der Waals surface area contributed by atoms with Crippen LogP contribution in [0.4, 0.5) is 27.6 Å². The van der Waals surface area contributed by atoms with E-state index in [2.05, 4.69) is 15.7 Å². The third-order valence-corrected chi connectivity index (χ3v) is 6.37. The SMILES string of the molecule is Cn1cc(-c2cc(NC(=O)c3cc(F)cc(C(F)(F)F)c3)c3n2CC(=O)NC3c2cc(F)ccc2Cl)cn1. The van der Waals surface area contributed by atoms with Crippen LogP contribution in [0.2, 0.25) is 5.02 Å². The van der Waals surface area contributed by atoms with Gasteiger partial charge in [0.25, 0.3) is 5.91 Å². The number of nitrogens with zero attached hydrogens (tertiary/aromatic N) is 3. The van der Waals surface area contributed by atoms with Crippen molar-refractivity contribution in [2.75, 3.05) is 5.32 Å². The number of anilines is 1. The summed E-state index contributed by atoms with van der Waals surface area (Å²) >= 11 is 6.33. The number of nitrogens with one attached hydrogen (secondary N) is 2. The van der Waals surface area contributed by atoms with Crippen molar-refractivity contribution < 1.29 is 31.5 Å². The van der Waals surface area contributed by atoms with Gasteiger partial charge in [0, 0.05) is 35.0 Å². The third kappa shape index (κ3) is 4.74. The number of halogens is 6. The molecule has 196 valence electrons. The van der Waals surface area contributed by atoms with E-state index in [1.165, 1.54) is 23.0 Å². The van der Waals surface area contributed by atoms with Crippen molar-refractivity contribution in [2.45, 2.75) is 18.8 Å². The van der Waals surface area contributed by atoms with Gasteiger partial charge >= 0.3 is 6.18 Å². The van der Waals surface area contributed by atoms with Gasteiger partial charge in [0.05, 0.1) is 34.9 Å². The maximum absolute atomic E-state index is 14.2. The highest BCUT2D eigenvalue weighted by Gasteiger charge is 2.35. The Morgan fingerprint density at radius 1 is 1.13 bits per heavy atom. The molecule has 4 aromatic rings. The number of benzene rings is 2. The Morgan fingerprint density at radius 3 is 2.58 bits per heavy atom. The van der Waals surface area contributed by atoms with Gasteiger partial charge in [-0.15, -0.1) is 0 Å². The van der Waals surface area contributed by atoms with Crippen LogP contribution < -0.4 is 10.6 Å². The Balaban J connectivity index is 1.65. The van der Waals surface area contributed by atoms with Crippen molar-refractivity contribution >= 4 is 29.1 Å². The van der Waals surface area contributed by atoms with Crippen LogP contribution in [0.1, 0.15) is 33.2 Å². The average molecular weight is 550 g/mol. The van der Waals surface area contributed by atoms with Crippen molar-refractivity contribution in [1.82, 2.24) is 19.7 Å². The zero-order chi connectivity index (χ0) is 27.4. The van der Waals surface area contributed by atoms with Gasteiger partial charge < -0.3 is 15.2 Å². The van der Waals surface area contributed by atoms with Gasteiger partial charge in [-0.05, 0) is 42.5 Å². The van der Waals surface area contributed by atoms with Crippen LogP contribution in [0.5, 0.6) is 0 Å². The zero-order valence-corrected chi connectivity index (χ0v) is 20.2. The van der Waals surface area contributed by atoms with Crippen LogP contribution in [-0.4, -0.2) is 26.2 Å². The number of fused-ring (bicyclic) bond motifs is 1. The number of hydrogen-bond acceptors (Lipinski definition) is 3. The first-order valence-electron chi connectivity index (χ1n) is 11.1. The molecule has 13 heteroatoms. The minimum atomic E-state index is -4.87. The summed E-state index contributed by atoms with van der Waals surface area (Å²) in [6, 6.07) is 5.56. The lowest BCUT2D eigenvalue weighted by molar-refractivity contribution is -0.137. The number of aryl methyl sites for hydroxylation is 1. The number of alkyl halides is 3. The number of amides is 2. The molecule has 1 unspecified atom stereocenters. The van der Waals surface area contributed by atoms with Crippen LogP contribution in [0.15, 0.2) is 54.9 Å². The lowest BCUT2D eigenvalue weighted by Gasteiger charge is -2.29. The number of carbonyl (C=O) groups is 2. The van der Waals surface area contributed by atoms with Crippen molar-refractivity contribution in [3.05, 3.63) is 93.9 Å². The number of aromatic nitrogens is 3. The van der Waals surface area contributed by atoms with Gasteiger partial charge in [0.1, 0.15) is 18.2 Å². The predicted octanol–water partition coefficient (Wildman–Crippen LogP) is 5.31. The van der Waals surface area contributed by atoms with Crippen molar-refractivity contribution in [2.24, 2.45) is 7.05 Å². The van der Waals surface area contributed by atoms with Crippen LogP contribution in [0.3, 0.4) is 0 Å². The van der Waals surface area contributed by atoms with E-state index in [0.717, 1.165) is 12.1 Å². The molecule has 0 fully saturated rings. The topological polar surface area (TPSA) is 81.0 Å². The second kappa shape index (κ2) is 9.28. The molecule has 2 aromatic heterocycles. The lowest BCUT2D eigenvalue weighted by Crippen LogP contribution is -2.39. The molecule has 2 aromatic carbocycles. The first kappa shape index (κ1) is 25.5. The van der Waals surface area contributed by atoms with Crippen molar-refractivity contribution in [3.8, 4) is 11.3 Å². The van der Waals surface area contributed by atoms with E-state index in [1.807, 2.05) is 0 Å². The molecule has 7 nitrogen and oxygen atoms in total. The van der Waals surface area contributed by atoms with E-state index >= 15 is 0 Å². The summed E-state index contributed by atoms with van der Waals surface area (Å²) in [7, 11) is 1.68. The highest BCUT2D eigenvalue weighted by Crippen LogP contribution is 2.40. The van der Waals surface area contributed by atoms with E-state index < -0.39 is 46.8 Å². The number of hydrogen-bond donors (Lipinski definition) is 2. The molecule has 0 aliphatic carbocycles. The van der Waals surface area contributed by atoms with Gasteiger partial charge in [-0.1, -0.05) is 11.6 Å². The highest BCUT2D eigenvalue weighted by molar-refractivity contribution is 6.31. The van der Waals surface area contributed by atoms with Gasteiger partial charge in [-0.25, -0.2) is 8.78 Å². The first-order chi connectivity index (χ1) is 17.9. The molecule has 5 rings (SSSR count). The largest absolute Gasteiger partial charge is 0.416 e. The molecule has 3 heterocycles. The van der Waals surface area contributed by atoms with Crippen molar-refractivity contribution in [1.29, 1.82) is 0 Å². The molecule has 1 aliphatic rings. The summed E-state index contributed by atoms with van der Waals surface area (Å²) in [6.45, 7) is -0.183. The molecular formula is C25H17ClF5N5O2. The molecule has 1 atom stereocenters. The zero-order valence-electron chi connectivity index (χ0n) is 19.4. The Bertz CT molecular complexity index is 1590. The maximum atomic E-state index is 14.2. The Hall–Kier alpha value is -4.19. The molecule has 0 saturated heterocycles. The number of carbonyl (C=O) groups excluding carboxylic acids is 2. The summed E-state index contributed by atoms with van der Waals surface area (Å²) in [5, 5.41) is 9.51. The van der Waals surface area contributed by atoms with Gasteiger partial charge in [-0.3, -0.25) is 14.3 Å². The minimum Gasteiger partial charge on any atom is -0.342 e. The van der Waals surface area contributed by atoms with E-state index in [4.69, 9.17) is 11.6 Å². The van der Waals surface area contributed by atoms with Gasteiger partial charge in [0.2, 0.25) is 5.91 Å². The molecule has 0 bridgehead atoms. The van der Waals surface area contributed by atoms with Gasteiger partial charge in [0.15, 0.2) is 0 Å². The van der Waals surface area contributed by atoms with E-state index in [0.29, 0.717) is 23.4 Å². The highest BCUT2D eigenvalue weighted by atomic mass is 35.5. The predicted molar refractivity (Wildman–Crippen MR) is 127 cm³/mol. The molecular weight excluding hydrogens is 533 g/mol. The molecule has 1 aliphatic heterocycles. The minimum absolute atomic E-state index is 0.0944. The smallest absolute Gasteiger partial charge is 0.342 e. The molecule has 2 amide bonds. The fraction of sp³-hybridized carbons (Fsp3) is 0.160. The summed E-state index contributed by atoms with van der Waals surface area (Å²) < 4.78 is 70.9. The van der Waals surface area contributed by atoms with Gasteiger partial charge in [-0.2, -0.15) is 18.3 Å². The molecule has 2 N–H and O–H groups in total. The quantitative estimate of drug-likeness (QED) is 0.339. The van der Waals surface area contributed by atoms with Crippen LogP contribution >= 0.6 is 11.6 Å². The van der Waals surface area contributed by atoms with E-state index in [1.54, 1.807) is 17.8 Å². The second-order valence-electron chi connectivity index (χ2n) is 8.66. The Morgan fingerprint density at radius 2 is 1.89 bits per heavy atom. The van der Waals surface area contributed by atoms with Crippen LogP contribution in [0.25, 0.3) is 11.3 Å². The van der Waals surface area contributed by atoms with E-state index in [-0.39, 0.29) is 34.6 Å². The lowest BCUT2D eigenvalue weighted by atomic mass is 10.0. The fourth-order valence-corrected chi connectivity index (χ4v) is 4.62. The Kier molecular flexibility index (Phi) is 6.22. The Labute approximate surface area is 216 Å².